The Balaban J connectivity index is 2.31. The van der Waals surface area contributed by atoms with Crippen LogP contribution < -0.4 is 4.74 Å². The van der Waals surface area contributed by atoms with Crippen molar-refractivity contribution >= 4 is 11.8 Å². The second kappa shape index (κ2) is 6.07. The van der Waals surface area contributed by atoms with Crippen LogP contribution in [-0.4, -0.2) is 25.5 Å². The van der Waals surface area contributed by atoms with Crippen LogP contribution in [0.4, 0.5) is 0 Å². The van der Waals surface area contributed by atoms with Crippen LogP contribution in [0.3, 0.4) is 0 Å². The third-order valence-electron chi connectivity index (χ3n) is 3.73. The first-order chi connectivity index (χ1) is 9.56. The zero-order valence-electron chi connectivity index (χ0n) is 12.1. The highest BCUT2D eigenvalue weighted by atomic mass is 16.5. The standard InChI is InChI=1S/C16H20O4/c1-10(2)14(16(18)19-3)15(17)12-8-9-20-13-7-5-4-6-11(12)13/h4-7,10,12,14H,8-9H2,1-3H3. The number of hydrogen-bond donors (Lipinski definition) is 0. The van der Waals surface area contributed by atoms with Gasteiger partial charge in [0.1, 0.15) is 11.7 Å². The first-order valence-electron chi connectivity index (χ1n) is 6.89. The number of rotatable bonds is 4. The van der Waals surface area contributed by atoms with Gasteiger partial charge in [-0.05, 0) is 18.4 Å². The number of methoxy groups -OCH3 is 1. The fourth-order valence-electron chi connectivity index (χ4n) is 2.70. The Morgan fingerprint density at radius 3 is 2.65 bits per heavy atom. The van der Waals surface area contributed by atoms with Crippen LogP contribution in [0.1, 0.15) is 31.7 Å². The Labute approximate surface area is 119 Å². The van der Waals surface area contributed by atoms with Crippen molar-refractivity contribution in [3.8, 4) is 5.75 Å². The molecule has 2 rings (SSSR count). The van der Waals surface area contributed by atoms with Crippen LogP contribution >= 0.6 is 0 Å². The van der Waals surface area contributed by atoms with Crippen molar-refractivity contribution in [1.82, 2.24) is 0 Å². The molecule has 0 aromatic heterocycles. The summed E-state index contributed by atoms with van der Waals surface area (Å²) in [6.07, 6.45) is 0.607. The van der Waals surface area contributed by atoms with E-state index in [-0.39, 0.29) is 17.6 Å². The summed E-state index contributed by atoms with van der Waals surface area (Å²) >= 11 is 0. The first-order valence-corrected chi connectivity index (χ1v) is 6.89. The minimum Gasteiger partial charge on any atom is -0.493 e. The number of Topliss-reactive ketones (excluding diaryl/α,β-unsaturated/α-hetero) is 1. The molecule has 0 bridgehead atoms. The average Bonchev–Trinajstić information content (AvgIpc) is 2.46. The summed E-state index contributed by atoms with van der Waals surface area (Å²) in [7, 11) is 1.32. The molecule has 1 aliphatic heterocycles. The highest BCUT2D eigenvalue weighted by molar-refractivity contribution is 6.02. The number of carbonyl (C=O) groups excluding carboxylic acids is 2. The van der Waals surface area contributed by atoms with E-state index < -0.39 is 11.9 Å². The van der Waals surface area contributed by atoms with Gasteiger partial charge in [0.2, 0.25) is 0 Å². The molecule has 108 valence electrons. The Kier molecular flexibility index (Phi) is 4.42. The first kappa shape index (κ1) is 14.6. The van der Waals surface area contributed by atoms with Gasteiger partial charge in [-0.2, -0.15) is 0 Å². The molecule has 4 nitrogen and oxygen atoms in total. The molecule has 0 saturated carbocycles. The molecule has 0 N–H and O–H groups in total. The second-order valence-corrected chi connectivity index (χ2v) is 5.37. The predicted molar refractivity (Wildman–Crippen MR) is 74.6 cm³/mol. The van der Waals surface area contributed by atoms with Crippen molar-refractivity contribution < 1.29 is 19.1 Å². The van der Waals surface area contributed by atoms with E-state index in [9.17, 15) is 9.59 Å². The smallest absolute Gasteiger partial charge is 0.316 e. The molecule has 4 heteroatoms. The van der Waals surface area contributed by atoms with E-state index in [0.29, 0.717) is 13.0 Å². The van der Waals surface area contributed by atoms with Gasteiger partial charge in [0.05, 0.1) is 19.6 Å². The van der Waals surface area contributed by atoms with Crippen LogP contribution in [0.5, 0.6) is 5.75 Å². The quantitative estimate of drug-likeness (QED) is 0.626. The third-order valence-corrected chi connectivity index (χ3v) is 3.73. The molecule has 0 fully saturated rings. The van der Waals surface area contributed by atoms with Gasteiger partial charge in [0, 0.05) is 5.56 Å². The number of para-hydroxylation sites is 1. The minimum absolute atomic E-state index is 0.0670. The Hall–Kier alpha value is -1.84. The lowest BCUT2D eigenvalue weighted by Gasteiger charge is -2.28. The largest absolute Gasteiger partial charge is 0.493 e. The van der Waals surface area contributed by atoms with E-state index in [1.165, 1.54) is 7.11 Å². The normalized spacial score (nSPS) is 18.9. The summed E-state index contributed by atoms with van der Waals surface area (Å²) in [6, 6.07) is 7.52. The predicted octanol–water partition coefficient (Wildman–Crippen LogP) is 2.57. The lowest BCUT2D eigenvalue weighted by Crippen LogP contribution is -2.35. The van der Waals surface area contributed by atoms with Crippen LogP contribution in [0.15, 0.2) is 24.3 Å². The topological polar surface area (TPSA) is 52.6 Å². The minimum atomic E-state index is -0.712. The molecule has 2 unspecified atom stereocenters. The van der Waals surface area contributed by atoms with Crippen molar-refractivity contribution in [2.75, 3.05) is 13.7 Å². The van der Waals surface area contributed by atoms with E-state index in [1.54, 1.807) is 0 Å². The second-order valence-electron chi connectivity index (χ2n) is 5.37. The number of carbonyl (C=O) groups is 2. The van der Waals surface area contributed by atoms with Gasteiger partial charge in [-0.15, -0.1) is 0 Å². The maximum atomic E-state index is 12.7. The SMILES string of the molecule is COC(=O)C(C(=O)C1CCOc2ccccc21)C(C)C. The maximum absolute atomic E-state index is 12.7. The van der Waals surface area contributed by atoms with Crippen molar-refractivity contribution in [2.45, 2.75) is 26.2 Å². The molecule has 1 aliphatic rings. The fourth-order valence-corrected chi connectivity index (χ4v) is 2.70. The van der Waals surface area contributed by atoms with Crippen LogP contribution in [0.2, 0.25) is 0 Å². The number of benzene rings is 1. The van der Waals surface area contributed by atoms with Crippen molar-refractivity contribution in [1.29, 1.82) is 0 Å². The maximum Gasteiger partial charge on any atom is 0.316 e. The molecule has 0 radical (unpaired) electrons. The lowest BCUT2D eigenvalue weighted by atomic mass is 9.79. The molecule has 20 heavy (non-hydrogen) atoms. The number of fused-ring (bicyclic) bond motifs is 1. The molecule has 2 atom stereocenters. The number of ketones is 1. The van der Waals surface area contributed by atoms with Crippen LogP contribution in [0.25, 0.3) is 0 Å². The summed E-state index contributed by atoms with van der Waals surface area (Å²) in [5, 5.41) is 0. The van der Waals surface area contributed by atoms with Crippen molar-refractivity contribution in [3.63, 3.8) is 0 Å². The third kappa shape index (κ3) is 2.69. The van der Waals surface area contributed by atoms with Crippen molar-refractivity contribution in [3.05, 3.63) is 29.8 Å². The van der Waals surface area contributed by atoms with Gasteiger partial charge in [-0.3, -0.25) is 9.59 Å². The van der Waals surface area contributed by atoms with E-state index in [4.69, 9.17) is 9.47 Å². The highest BCUT2D eigenvalue weighted by Crippen LogP contribution is 2.36. The molecule has 1 aromatic carbocycles. The molecule has 0 aliphatic carbocycles. The van der Waals surface area contributed by atoms with Crippen LogP contribution in [-0.2, 0) is 14.3 Å². The Morgan fingerprint density at radius 1 is 1.30 bits per heavy atom. The summed E-state index contributed by atoms with van der Waals surface area (Å²) in [4.78, 5) is 24.6. The summed E-state index contributed by atoms with van der Waals surface area (Å²) < 4.78 is 10.3. The monoisotopic (exact) mass is 276 g/mol. The van der Waals surface area contributed by atoms with Gasteiger partial charge in [-0.25, -0.2) is 0 Å². The van der Waals surface area contributed by atoms with E-state index >= 15 is 0 Å². The lowest BCUT2D eigenvalue weighted by molar-refractivity contribution is -0.151. The molecule has 0 saturated heterocycles. The number of hydrogen-bond acceptors (Lipinski definition) is 4. The molecule has 0 amide bonds. The van der Waals surface area contributed by atoms with Crippen molar-refractivity contribution in [2.24, 2.45) is 11.8 Å². The van der Waals surface area contributed by atoms with E-state index in [0.717, 1.165) is 11.3 Å². The van der Waals surface area contributed by atoms with Gasteiger partial charge in [0.15, 0.2) is 5.78 Å². The molecule has 1 heterocycles. The van der Waals surface area contributed by atoms with Crippen LogP contribution in [0, 0.1) is 11.8 Å². The van der Waals surface area contributed by atoms with E-state index in [1.807, 2.05) is 38.1 Å². The zero-order valence-corrected chi connectivity index (χ0v) is 12.1. The highest BCUT2D eigenvalue weighted by Gasteiger charge is 2.38. The fraction of sp³-hybridized carbons (Fsp3) is 0.500. The number of ether oxygens (including phenoxy) is 2. The van der Waals surface area contributed by atoms with E-state index in [2.05, 4.69) is 0 Å². The van der Waals surface area contributed by atoms with Gasteiger partial charge in [-0.1, -0.05) is 32.0 Å². The Morgan fingerprint density at radius 2 is 2.00 bits per heavy atom. The molecule has 0 spiro atoms. The Bertz CT molecular complexity index is 507. The van der Waals surface area contributed by atoms with Gasteiger partial charge < -0.3 is 9.47 Å². The van der Waals surface area contributed by atoms with Gasteiger partial charge in [0.25, 0.3) is 0 Å². The summed E-state index contributed by atoms with van der Waals surface area (Å²) in [5.74, 6) is -0.853. The summed E-state index contributed by atoms with van der Waals surface area (Å²) in [6.45, 7) is 4.23. The molecule has 1 aromatic rings. The average molecular weight is 276 g/mol. The molecular weight excluding hydrogens is 256 g/mol. The zero-order chi connectivity index (χ0) is 14.7. The molecular formula is C16H20O4. The number of esters is 1. The summed E-state index contributed by atoms with van der Waals surface area (Å²) in [5.41, 5.74) is 0.873. The van der Waals surface area contributed by atoms with Gasteiger partial charge >= 0.3 is 5.97 Å².